The second kappa shape index (κ2) is 5.00. The summed E-state index contributed by atoms with van der Waals surface area (Å²) >= 11 is 0. The number of aromatic carboxylic acids is 1. The first-order chi connectivity index (χ1) is 11.2. The summed E-state index contributed by atoms with van der Waals surface area (Å²) in [6.07, 6.45) is 0. The first kappa shape index (κ1) is 13.6. The van der Waals surface area contributed by atoms with Crippen molar-refractivity contribution in [1.29, 1.82) is 0 Å². The fourth-order valence-corrected chi connectivity index (χ4v) is 3.13. The van der Waals surface area contributed by atoms with Crippen molar-refractivity contribution in [3.63, 3.8) is 0 Å². The average Bonchev–Trinajstić information content (AvgIpc) is 3.15. The number of fused-ring (bicyclic) bond motifs is 2. The number of rotatable bonds is 3. The number of benzene rings is 2. The standard InChI is InChI=1S/C18H15N3O2/c19-9-11-5-3-7-13-15(11)16(17(21-13)18(22)23)14-8-10-4-1-2-6-12(10)20-14/h1-8,20-21H,9,19H2,(H,22,23). The minimum absolute atomic E-state index is 0.174. The molecular formula is C18H15N3O2. The van der Waals surface area contributed by atoms with Crippen molar-refractivity contribution in [3.05, 3.63) is 59.8 Å². The van der Waals surface area contributed by atoms with E-state index in [0.29, 0.717) is 12.1 Å². The number of hydrogen-bond donors (Lipinski definition) is 4. The van der Waals surface area contributed by atoms with E-state index in [1.807, 2.05) is 48.5 Å². The van der Waals surface area contributed by atoms with E-state index in [0.717, 1.165) is 33.1 Å². The molecule has 0 radical (unpaired) electrons. The molecule has 2 heterocycles. The van der Waals surface area contributed by atoms with Crippen LogP contribution in [0.3, 0.4) is 0 Å². The molecule has 0 aliphatic rings. The molecule has 5 N–H and O–H groups in total. The number of carboxylic acids is 1. The van der Waals surface area contributed by atoms with Crippen LogP contribution in [0, 0.1) is 0 Å². The van der Waals surface area contributed by atoms with Gasteiger partial charge in [0, 0.05) is 39.6 Å². The summed E-state index contributed by atoms with van der Waals surface area (Å²) in [5.41, 5.74) is 10.1. The lowest BCUT2D eigenvalue weighted by atomic mass is 10.0. The van der Waals surface area contributed by atoms with Crippen LogP contribution < -0.4 is 5.73 Å². The number of nitrogens with two attached hydrogens (primary N) is 1. The van der Waals surface area contributed by atoms with Gasteiger partial charge in [-0.15, -0.1) is 0 Å². The van der Waals surface area contributed by atoms with Gasteiger partial charge in [0.25, 0.3) is 0 Å². The largest absolute Gasteiger partial charge is 0.477 e. The van der Waals surface area contributed by atoms with E-state index in [1.165, 1.54) is 0 Å². The Morgan fingerprint density at radius 2 is 1.83 bits per heavy atom. The number of H-pyrrole nitrogens is 2. The topological polar surface area (TPSA) is 94.9 Å². The number of hydrogen-bond acceptors (Lipinski definition) is 2. The summed E-state index contributed by atoms with van der Waals surface area (Å²) in [5, 5.41) is 11.5. The zero-order valence-corrected chi connectivity index (χ0v) is 12.3. The van der Waals surface area contributed by atoms with E-state index in [-0.39, 0.29) is 5.69 Å². The number of aromatic nitrogens is 2. The van der Waals surface area contributed by atoms with Crippen LogP contribution in [0.15, 0.2) is 48.5 Å². The van der Waals surface area contributed by atoms with E-state index < -0.39 is 5.97 Å². The molecule has 4 aromatic rings. The predicted octanol–water partition coefficient (Wildman–Crippen LogP) is 3.47. The third-order valence-corrected chi connectivity index (χ3v) is 4.14. The highest BCUT2D eigenvalue weighted by molar-refractivity contribution is 6.09. The van der Waals surface area contributed by atoms with Crippen LogP contribution in [0.2, 0.25) is 0 Å². The second-order valence-electron chi connectivity index (χ2n) is 5.49. The summed E-state index contributed by atoms with van der Waals surface area (Å²) in [4.78, 5) is 18.0. The molecule has 2 aromatic carbocycles. The van der Waals surface area contributed by atoms with Gasteiger partial charge >= 0.3 is 5.97 Å². The van der Waals surface area contributed by atoms with Crippen LogP contribution in [-0.2, 0) is 6.54 Å². The maximum atomic E-state index is 11.7. The molecule has 0 atom stereocenters. The number of nitrogens with one attached hydrogen (secondary N) is 2. The van der Waals surface area contributed by atoms with E-state index in [1.54, 1.807) is 0 Å². The van der Waals surface area contributed by atoms with Crippen molar-refractivity contribution < 1.29 is 9.90 Å². The molecule has 0 aliphatic heterocycles. The van der Waals surface area contributed by atoms with Crippen molar-refractivity contribution >= 4 is 27.8 Å². The van der Waals surface area contributed by atoms with Gasteiger partial charge in [-0.05, 0) is 23.8 Å². The summed E-state index contributed by atoms with van der Waals surface area (Å²) in [6, 6.07) is 15.5. The van der Waals surface area contributed by atoms with Crippen molar-refractivity contribution in [1.82, 2.24) is 9.97 Å². The summed E-state index contributed by atoms with van der Waals surface area (Å²) in [6.45, 7) is 0.349. The Hall–Kier alpha value is -3.05. The predicted molar refractivity (Wildman–Crippen MR) is 90.4 cm³/mol. The highest BCUT2D eigenvalue weighted by Crippen LogP contribution is 2.35. The molecule has 0 bridgehead atoms. The van der Waals surface area contributed by atoms with Crippen molar-refractivity contribution in [2.75, 3.05) is 0 Å². The molecule has 0 unspecified atom stereocenters. The molecule has 4 rings (SSSR count). The van der Waals surface area contributed by atoms with Crippen molar-refractivity contribution in [2.24, 2.45) is 5.73 Å². The third kappa shape index (κ3) is 2.02. The fourth-order valence-electron chi connectivity index (χ4n) is 3.13. The SMILES string of the molecule is NCc1cccc2[nH]c(C(=O)O)c(-c3cc4ccccc4[nH]3)c12. The lowest BCUT2D eigenvalue weighted by Gasteiger charge is -2.03. The number of aromatic amines is 2. The molecule has 0 spiro atoms. The molecule has 23 heavy (non-hydrogen) atoms. The molecule has 0 fully saturated rings. The second-order valence-corrected chi connectivity index (χ2v) is 5.49. The quantitative estimate of drug-likeness (QED) is 0.466. The Bertz CT molecular complexity index is 1010. The molecule has 5 nitrogen and oxygen atoms in total. The van der Waals surface area contributed by atoms with Gasteiger partial charge in [-0.1, -0.05) is 30.3 Å². The molecule has 0 saturated heterocycles. The third-order valence-electron chi connectivity index (χ3n) is 4.14. The van der Waals surface area contributed by atoms with Crippen LogP contribution in [0.4, 0.5) is 0 Å². The van der Waals surface area contributed by atoms with Crippen molar-refractivity contribution in [2.45, 2.75) is 6.54 Å². The highest BCUT2D eigenvalue weighted by Gasteiger charge is 2.21. The van der Waals surface area contributed by atoms with Gasteiger partial charge in [-0.2, -0.15) is 0 Å². The van der Waals surface area contributed by atoms with E-state index in [2.05, 4.69) is 9.97 Å². The van der Waals surface area contributed by atoms with Crippen LogP contribution in [0.5, 0.6) is 0 Å². The molecule has 114 valence electrons. The zero-order chi connectivity index (χ0) is 16.0. The van der Waals surface area contributed by atoms with Gasteiger partial charge in [0.1, 0.15) is 5.69 Å². The number of para-hydroxylation sites is 1. The summed E-state index contributed by atoms with van der Waals surface area (Å²) in [5.74, 6) is -0.988. The van der Waals surface area contributed by atoms with Crippen LogP contribution >= 0.6 is 0 Å². The highest BCUT2D eigenvalue weighted by atomic mass is 16.4. The first-order valence-corrected chi connectivity index (χ1v) is 7.34. The molecule has 0 saturated carbocycles. The first-order valence-electron chi connectivity index (χ1n) is 7.34. The molecule has 0 aliphatic carbocycles. The Labute approximate surface area is 131 Å². The lowest BCUT2D eigenvalue weighted by molar-refractivity contribution is 0.0692. The Kier molecular flexibility index (Phi) is 2.96. The van der Waals surface area contributed by atoms with Gasteiger partial charge in [0.2, 0.25) is 0 Å². The van der Waals surface area contributed by atoms with Crippen LogP contribution in [0.25, 0.3) is 33.1 Å². The van der Waals surface area contributed by atoms with Gasteiger partial charge < -0.3 is 20.8 Å². The molecule has 0 amide bonds. The van der Waals surface area contributed by atoms with Gasteiger partial charge in [0.15, 0.2) is 0 Å². The normalized spacial score (nSPS) is 11.3. The Morgan fingerprint density at radius 1 is 1.04 bits per heavy atom. The molecule has 2 aromatic heterocycles. The van der Waals surface area contributed by atoms with Crippen LogP contribution in [-0.4, -0.2) is 21.0 Å². The van der Waals surface area contributed by atoms with E-state index in [4.69, 9.17) is 5.73 Å². The molecular weight excluding hydrogens is 290 g/mol. The van der Waals surface area contributed by atoms with Gasteiger partial charge in [-0.3, -0.25) is 0 Å². The van der Waals surface area contributed by atoms with Crippen molar-refractivity contribution in [3.8, 4) is 11.3 Å². The maximum absolute atomic E-state index is 11.7. The minimum Gasteiger partial charge on any atom is -0.477 e. The van der Waals surface area contributed by atoms with E-state index >= 15 is 0 Å². The lowest BCUT2D eigenvalue weighted by Crippen LogP contribution is -2.00. The fraction of sp³-hybridized carbons (Fsp3) is 0.0556. The zero-order valence-electron chi connectivity index (χ0n) is 12.3. The van der Waals surface area contributed by atoms with Crippen LogP contribution in [0.1, 0.15) is 16.1 Å². The average molecular weight is 305 g/mol. The Morgan fingerprint density at radius 3 is 2.57 bits per heavy atom. The van der Waals surface area contributed by atoms with Gasteiger partial charge in [-0.25, -0.2) is 4.79 Å². The maximum Gasteiger partial charge on any atom is 0.353 e. The molecule has 5 heteroatoms. The number of carboxylic acid groups (broad SMARTS) is 1. The smallest absolute Gasteiger partial charge is 0.353 e. The van der Waals surface area contributed by atoms with Gasteiger partial charge in [0.05, 0.1) is 0 Å². The Balaban J connectivity index is 2.11. The minimum atomic E-state index is -0.988. The van der Waals surface area contributed by atoms with E-state index in [9.17, 15) is 9.90 Å². The monoisotopic (exact) mass is 305 g/mol. The summed E-state index contributed by atoms with van der Waals surface area (Å²) in [7, 11) is 0. The summed E-state index contributed by atoms with van der Waals surface area (Å²) < 4.78 is 0. The number of carbonyl (C=O) groups is 1.